The van der Waals surface area contributed by atoms with Crippen molar-refractivity contribution in [2.45, 2.75) is 20.0 Å². The van der Waals surface area contributed by atoms with E-state index in [0.717, 1.165) is 0 Å². The summed E-state index contributed by atoms with van der Waals surface area (Å²) < 4.78 is 20.5. The van der Waals surface area contributed by atoms with Crippen molar-refractivity contribution in [2.75, 3.05) is 27.9 Å². The third-order valence-corrected chi connectivity index (χ3v) is 3.13. The van der Waals surface area contributed by atoms with Crippen LogP contribution in [0.25, 0.3) is 0 Å². The van der Waals surface area contributed by atoms with Crippen LogP contribution in [0.15, 0.2) is 12.1 Å². The first-order valence-electron chi connectivity index (χ1n) is 7.47. The van der Waals surface area contributed by atoms with Gasteiger partial charge < -0.3 is 24.3 Å². The molecule has 0 aromatic heterocycles. The van der Waals surface area contributed by atoms with E-state index in [1.807, 2.05) is 0 Å². The topological polar surface area (TPSA) is 112 Å². The largest absolute Gasteiger partial charge is 0.493 e. The van der Waals surface area contributed by atoms with Crippen molar-refractivity contribution in [1.82, 2.24) is 10.6 Å². The molecule has 0 aliphatic carbocycles. The predicted octanol–water partition coefficient (Wildman–Crippen LogP) is 1.10. The maximum atomic E-state index is 12.3. The molecule has 0 radical (unpaired) electrons. The first-order chi connectivity index (χ1) is 11.9. The van der Waals surface area contributed by atoms with Crippen LogP contribution in [0.2, 0.25) is 0 Å². The van der Waals surface area contributed by atoms with Crippen LogP contribution in [0.3, 0.4) is 0 Å². The molecule has 138 valence electrons. The average Bonchev–Trinajstić information content (AvgIpc) is 2.60. The summed E-state index contributed by atoms with van der Waals surface area (Å²) in [6.45, 7) is 3.42. The number of benzene rings is 1. The van der Waals surface area contributed by atoms with Gasteiger partial charge >= 0.3 is 12.0 Å². The van der Waals surface area contributed by atoms with Gasteiger partial charge in [0.25, 0.3) is 5.91 Å². The molecule has 0 unspecified atom stereocenters. The molecule has 1 aromatic rings. The van der Waals surface area contributed by atoms with E-state index in [-0.39, 0.29) is 17.1 Å². The van der Waals surface area contributed by atoms with Gasteiger partial charge in [0.05, 0.1) is 26.9 Å². The molecular weight excluding hydrogens is 332 g/mol. The maximum Gasteiger partial charge on any atom is 0.339 e. The summed E-state index contributed by atoms with van der Waals surface area (Å²) in [7, 11) is 4.26. The van der Waals surface area contributed by atoms with E-state index in [1.165, 1.54) is 40.4 Å². The van der Waals surface area contributed by atoms with Gasteiger partial charge in [-0.25, -0.2) is 9.59 Å². The summed E-state index contributed by atoms with van der Waals surface area (Å²) in [5, 5.41) is 4.47. The Bertz CT molecular complexity index is 620. The van der Waals surface area contributed by atoms with Crippen LogP contribution in [0.4, 0.5) is 4.79 Å². The number of ether oxygens (including phenoxy) is 4. The van der Waals surface area contributed by atoms with Gasteiger partial charge in [-0.1, -0.05) is 0 Å². The van der Waals surface area contributed by atoms with Gasteiger partial charge in [-0.3, -0.25) is 10.1 Å². The van der Waals surface area contributed by atoms with E-state index in [2.05, 4.69) is 10.6 Å². The third-order valence-electron chi connectivity index (χ3n) is 3.13. The monoisotopic (exact) mass is 354 g/mol. The zero-order valence-corrected chi connectivity index (χ0v) is 14.8. The lowest BCUT2D eigenvalue weighted by atomic mass is 10.2. The van der Waals surface area contributed by atoms with Crippen molar-refractivity contribution in [1.29, 1.82) is 0 Å². The minimum Gasteiger partial charge on any atom is -0.493 e. The average molecular weight is 354 g/mol. The minimum atomic E-state index is -1.17. The number of carbonyl (C=O) groups excluding carboxylic acids is 3. The first kappa shape index (κ1) is 20.1. The molecule has 0 saturated heterocycles. The van der Waals surface area contributed by atoms with Gasteiger partial charge in [0.15, 0.2) is 17.6 Å². The molecule has 3 amide bonds. The summed E-state index contributed by atoms with van der Waals surface area (Å²) in [4.78, 5) is 35.4. The Morgan fingerprint density at radius 1 is 1.04 bits per heavy atom. The highest BCUT2D eigenvalue weighted by Crippen LogP contribution is 2.38. The molecule has 0 saturated carbocycles. The van der Waals surface area contributed by atoms with Crippen molar-refractivity contribution in [3.05, 3.63) is 17.7 Å². The summed E-state index contributed by atoms with van der Waals surface area (Å²) in [6.07, 6.45) is -1.17. The van der Waals surface area contributed by atoms with Crippen molar-refractivity contribution in [3.8, 4) is 17.2 Å². The van der Waals surface area contributed by atoms with Gasteiger partial charge in [0, 0.05) is 6.54 Å². The van der Waals surface area contributed by atoms with Crippen LogP contribution >= 0.6 is 0 Å². The van der Waals surface area contributed by atoms with E-state index in [4.69, 9.17) is 18.9 Å². The second-order valence-electron chi connectivity index (χ2n) is 4.81. The van der Waals surface area contributed by atoms with Gasteiger partial charge in [-0.2, -0.15) is 0 Å². The number of nitrogens with one attached hydrogen (secondary N) is 2. The van der Waals surface area contributed by atoms with Crippen LogP contribution in [0.5, 0.6) is 17.2 Å². The zero-order chi connectivity index (χ0) is 19.0. The van der Waals surface area contributed by atoms with Gasteiger partial charge in [-0.05, 0) is 26.0 Å². The number of hydrogen-bond donors (Lipinski definition) is 2. The van der Waals surface area contributed by atoms with Crippen LogP contribution in [-0.4, -0.2) is 51.9 Å². The Morgan fingerprint density at radius 2 is 1.60 bits per heavy atom. The molecular formula is C16H22N2O7. The number of urea groups is 1. The van der Waals surface area contributed by atoms with E-state index in [1.54, 1.807) is 6.92 Å². The highest BCUT2D eigenvalue weighted by molar-refractivity contribution is 5.98. The molecule has 9 nitrogen and oxygen atoms in total. The maximum absolute atomic E-state index is 12.3. The number of amides is 3. The normalized spacial score (nSPS) is 11.1. The van der Waals surface area contributed by atoms with Crippen LogP contribution in [0.1, 0.15) is 24.2 Å². The summed E-state index contributed by atoms with van der Waals surface area (Å²) in [5.41, 5.74) is 0.104. The molecule has 2 N–H and O–H groups in total. The smallest absolute Gasteiger partial charge is 0.339 e. The number of hydrogen-bond acceptors (Lipinski definition) is 7. The van der Waals surface area contributed by atoms with Crippen molar-refractivity contribution < 1.29 is 33.3 Å². The fourth-order valence-corrected chi connectivity index (χ4v) is 1.90. The second-order valence-corrected chi connectivity index (χ2v) is 4.81. The molecule has 0 aliphatic heterocycles. The minimum absolute atomic E-state index is 0.104. The number of imide groups is 1. The molecule has 0 heterocycles. The second kappa shape index (κ2) is 9.36. The van der Waals surface area contributed by atoms with E-state index in [9.17, 15) is 14.4 Å². The number of methoxy groups -OCH3 is 3. The Balaban J connectivity index is 2.89. The molecule has 0 bridgehead atoms. The molecule has 0 spiro atoms. The quantitative estimate of drug-likeness (QED) is 0.705. The van der Waals surface area contributed by atoms with E-state index in [0.29, 0.717) is 12.3 Å². The molecule has 0 fully saturated rings. The molecule has 1 atom stereocenters. The Labute approximate surface area is 145 Å². The lowest BCUT2D eigenvalue weighted by Gasteiger charge is -2.16. The number of carbonyl (C=O) groups is 3. The zero-order valence-electron chi connectivity index (χ0n) is 14.8. The summed E-state index contributed by atoms with van der Waals surface area (Å²) >= 11 is 0. The first-order valence-corrected chi connectivity index (χ1v) is 7.47. The Morgan fingerprint density at radius 3 is 2.04 bits per heavy atom. The fourth-order valence-electron chi connectivity index (χ4n) is 1.90. The SMILES string of the molecule is CCNC(=O)NC(=O)[C@@H](C)OC(=O)c1cc(OC)c(OC)c(OC)c1. The molecule has 0 aliphatic rings. The van der Waals surface area contributed by atoms with Crippen molar-refractivity contribution in [2.24, 2.45) is 0 Å². The van der Waals surface area contributed by atoms with Crippen LogP contribution in [0, 0.1) is 0 Å². The molecule has 1 aromatic carbocycles. The summed E-state index contributed by atoms with van der Waals surface area (Å²) in [6, 6.07) is 2.14. The highest BCUT2D eigenvalue weighted by Gasteiger charge is 2.23. The number of esters is 1. The highest BCUT2D eigenvalue weighted by atomic mass is 16.5. The molecule has 1 rings (SSSR count). The number of rotatable bonds is 7. The molecule has 25 heavy (non-hydrogen) atoms. The fraction of sp³-hybridized carbons (Fsp3) is 0.438. The van der Waals surface area contributed by atoms with Crippen LogP contribution in [-0.2, 0) is 9.53 Å². The van der Waals surface area contributed by atoms with Crippen molar-refractivity contribution in [3.63, 3.8) is 0 Å². The lowest BCUT2D eigenvalue weighted by molar-refractivity contribution is -0.127. The van der Waals surface area contributed by atoms with Crippen molar-refractivity contribution >= 4 is 17.9 Å². The Kier molecular flexibility index (Phi) is 7.51. The standard InChI is InChI=1S/C16H22N2O7/c1-6-17-16(21)18-14(19)9(2)25-15(20)10-7-11(22-3)13(24-5)12(8-10)23-4/h7-9H,6H2,1-5H3,(H2,17,18,19,21)/t9-/m1/s1. The van der Waals surface area contributed by atoms with Crippen LogP contribution < -0.4 is 24.8 Å². The van der Waals surface area contributed by atoms with E-state index < -0.39 is 24.0 Å². The molecule has 9 heteroatoms. The van der Waals surface area contributed by atoms with E-state index >= 15 is 0 Å². The van der Waals surface area contributed by atoms with Gasteiger partial charge in [0.1, 0.15) is 0 Å². The third kappa shape index (κ3) is 5.27. The van der Waals surface area contributed by atoms with Gasteiger partial charge in [-0.15, -0.1) is 0 Å². The lowest BCUT2D eigenvalue weighted by Crippen LogP contribution is -2.44. The predicted molar refractivity (Wildman–Crippen MR) is 88.2 cm³/mol. The summed E-state index contributed by atoms with van der Waals surface area (Å²) in [5.74, 6) is -0.658. The Hall–Kier alpha value is -2.97. The van der Waals surface area contributed by atoms with Gasteiger partial charge in [0.2, 0.25) is 5.75 Å².